The van der Waals surface area contributed by atoms with Crippen LogP contribution in [0.25, 0.3) is 0 Å². The summed E-state index contributed by atoms with van der Waals surface area (Å²) < 4.78 is 0. The molecule has 0 N–H and O–H groups in total. The highest BCUT2D eigenvalue weighted by molar-refractivity contribution is 5.83. The lowest BCUT2D eigenvalue weighted by Crippen LogP contribution is -2.10. The molecule has 0 fully saturated rings. The van der Waals surface area contributed by atoms with Crippen LogP contribution in [0.2, 0.25) is 0 Å². The first-order valence-corrected chi connectivity index (χ1v) is 6.12. The molecule has 0 aliphatic heterocycles. The van der Waals surface area contributed by atoms with Gasteiger partial charge >= 0.3 is 0 Å². The Morgan fingerprint density at radius 1 is 1.13 bits per heavy atom. The fraction of sp³-hybridized carbons (Fsp3) is 0.786. The quantitative estimate of drug-likeness (QED) is 0.456. The molecule has 0 amide bonds. The summed E-state index contributed by atoms with van der Waals surface area (Å²) in [6.07, 6.45) is 7.13. The van der Waals surface area contributed by atoms with Crippen molar-refractivity contribution in [1.29, 1.82) is 0 Å². The van der Waals surface area contributed by atoms with Gasteiger partial charge in [-0.05, 0) is 31.1 Å². The average molecular weight is 209 g/mol. The zero-order valence-corrected chi connectivity index (χ0v) is 11.2. The van der Waals surface area contributed by atoms with Gasteiger partial charge in [0.2, 0.25) is 0 Å². The van der Waals surface area contributed by atoms with E-state index in [1.165, 1.54) is 18.6 Å². The molecule has 0 saturated heterocycles. The Labute approximate surface area is 95.7 Å². The maximum absolute atomic E-state index is 4.25. The van der Waals surface area contributed by atoms with Crippen molar-refractivity contribution in [2.24, 2.45) is 22.7 Å². The summed E-state index contributed by atoms with van der Waals surface area (Å²) >= 11 is 0. The number of rotatable bonds is 6. The van der Waals surface area contributed by atoms with E-state index in [4.69, 9.17) is 0 Å². The molecular formula is C14H27N. The Morgan fingerprint density at radius 3 is 2.13 bits per heavy atom. The van der Waals surface area contributed by atoms with Crippen molar-refractivity contribution in [2.45, 2.75) is 47.5 Å². The van der Waals surface area contributed by atoms with Crippen LogP contribution in [0.15, 0.2) is 17.1 Å². The second-order valence-corrected chi connectivity index (χ2v) is 4.75. The molecule has 0 saturated carbocycles. The van der Waals surface area contributed by atoms with Crippen LogP contribution in [-0.2, 0) is 0 Å². The molecule has 3 unspecified atom stereocenters. The number of aliphatic imine (C=N–C) groups is 1. The van der Waals surface area contributed by atoms with E-state index in [1.807, 2.05) is 7.05 Å². The average Bonchev–Trinajstić information content (AvgIpc) is 2.24. The summed E-state index contributed by atoms with van der Waals surface area (Å²) in [5, 5.41) is 0. The summed E-state index contributed by atoms with van der Waals surface area (Å²) in [5.74, 6) is 1.97. The van der Waals surface area contributed by atoms with Gasteiger partial charge in [-0.1, -0.05) is 46.3 Å². The molecule has 0 aliphatic rings. The fourth-order valence-corrected chi connectivity index (χ4v) is 1.54. The van der Waals surface area contributed by atoms with Gasteiger partial charge < -0.3 is 0 Å². The summed E-state index contributed by atoms with van der Waals surface area (Å²) in [6, 6.07) is 0. The molecule has 0 spiro atoms. The lowest BCUT2D eigenvalue weighted by molar-refractivity contribution is 0.558. The van der Waals surface area contributed by atoms with Crippen molar-refractivity contribution in [2.75, 3.05) is 7.05 Å². The predicted octanol–water partition coefficient (Wildman–Crippen LogP) is 4.34. The van der Waals surface area contributed by atoms with Crippen LogP contribution < -0.4 is 0 Å². The highest BCUT2D eigenvalue weighted by Crippen LogP contribution is 2.16. The van der Waals surface area contributed by atoms with E-state index in [1.54, 1.807) is 0 Å². The van der Waals surface area contributed by atoms with Crippen LogP contribution in [0, 0.1) is 17.8 Å². The van der Waals surface area contributed by atoms with Crippen molar-refractivity contribution in [1.82, 2.24) is 0 Å². The largest absolute Gasteiger partial charge is 0.297 e. The number of hydrogen-bond donors (Lipinski definition) is 0. The molecule has 88 valence electrons. The molecule has 1 heteroatoms. The highest BCUT2D eigenvalue weighted by atomic mass is 14.7. The van der Waals surface area contributed by atoms with E-state index in [0.29, 0.717) is 17.8 Å². The normalized spacial score (nSPS) is 19.2. The van der Waals surface area contributed by atoms with Crippen molar-refractivity contribution < 1.29 is 0 Å². The first kappa shape index (κ1) is 14.4. The summed E-state index contributed by atoms with van der Waals surface area (Å²) in [7, 11) is 1.88. The third kappa shape index (κ3) is 6.48. The maximum Gasteiger partial charge on any atom is 0.0276 e. The molecule has 0 aromatic rings. The highest BCUT2D eigenvalue weighted by Gasteiger charge is 2.08. The van der Waals surface area contributed by atoms with Gasteiger partial charge in [-0.2, -0.15) is 0 Å². The molecule has 0 radical (unpaired) electrons. The molecule has 0 aromatic heterocycles. The van der Waals surface area contributed by atoms with Crippen molar-refractivity contribution >= 4 is 5.71 Å². The molecule has 0 aromatic carbocycles. The Morgan fingerprint density at radius 2 is 1.67 bits per heavy atom. The maximum atomic E-state index is 4.25. The van der Waals surface area contributed by atoms with Gasteiger partial charge in [0.1, 0.15) is 0 Å². The first-order chi connectivity index (χ1) is 7.01. The Hall–Kier alpha value is -0.590. The minimum atomic E-state index is 0.603. The number of hydrogen-bond acceptors (Lipinski definition) is 1. The van der Waals surface area contributed by atoms with Crippen LogP contribution in [0.5, 0.6) is 0 Å². The molecule has 0 aliphatic carbocycles. The third-order valence-electron chi connectivity index (χ3n) is 3.20. The SMILES string of the molecule is CCC(C)C=CC(C)CC(C)C(C)=NC. The summed E-state index contributed by atoms with van der Waals surface area (Å²) in [5.41, 5.74) is 1.26. The van der Waals surface area contributed by atoms with E-state index in [9.17, 15) is 0 Å². The van der Waals surface area contributed by atoms with Crippen LogP contribution >= 0.6 is 0 Å². The zero-order chi connectivity index (χ0) is 11.8. The van der Waals surface area contributed by atoms with Gasteiger partial charge in [0, 0.05) is 12.8 Å². The molecular weight excluding hydrogens is 182 g/mol. The molecule has 3 atom stereocenters. The minimum Gasteiger partial charge on any atom is -0.297 e. The van der Waals surface area contributed by atoms with Crippen LogP contribution in [0.4, 0.5) is 0 Å². The van der Waals surface area contributed by atoms with Gasteiger partial charge in [0.15, 0.2) is 0 Å². The fourth-order valence-electron chi connectivity index (χ4n) is 1.54. The second kappa shape index (κ2) is 7.67. The third-order valence-corrected chi connectivity index (χ3v) is 3.20. The summed E-state index contributed by atoms with van der Waals surface area (Å²) in [6.45, 7) is 11.2. The van der Waals surface area contributed by atoms with Crippen molar-refractivity contribution in [3.63, 3.8) is 0 Å². The monoisotopic (exact) mass is 209 g/mol. The standard InChI is InChI=1S/C14H27N/c1-7-11(2)8-9-12(3)10-13(4)14(5)15-6/h8-9,11-13H,7,10H2,1-6H3. The molecule has 15 heavy (non-hydrogen) atoms. The molecule has 1 nitrogen and oxygen atoms in total. The van der Waals surface area contributed by atoms with E-state index in [-0.39, 0.29) is 0 Å². The van der Waals surface area contributed by atoms with E-state index >= 15 is 0 Å². The molecule has 0 rings (SSSR count). The van der Waals surface area contributed by atoms with Crippen LogP contribution in [0.1, 0.15) is 47.5 Å². The second-order valence-electron chi connectivity index (χ2n) is 4.75. The van der Waals surface area contributed by atoms with Gasteiger partial charge in [0.25, 0.3) is 0 Å². The van der Waals surface area contributed by atoms with E-state index < -0.39 is 0 Å². The van der Waals surface area contributed by atoms with E-state index in [2.05, 4.69) is 51.8 Å². The van der Waals surface area contributed by atoms with Gasteiger partial charge in [-0.15, -0.1) is 0 Å². The zero-order valence-electron chi connectivity index (χ0n) is 11.2. The first-order valence-electron chi connectivity index (χ1n) is 6.12. The van der Waals surface area contributed by atoms with E-state index in [0.717, 1.165) is 0 Å². The van der Waals surface area contributed by atoms with Crippen LogP contribution in [-0.4, -0.2) is 12.8 Å². The molecule has 0 heterocycles. The van der Waals surface area contributed by atoms with Crippen molar-refractivity contribution in [3.8, 4) is 0 Å². The Balaban J connectivity index is 4.03. The van der Waals surface area contributed by atoms with Gasteiger partial charge in [-0.25, -0.2) is 0 Å². The lowest BCUT2D eigenvalue weighted by atomic mass is 9.93. The summed E-state index contributed by atoms with van der Waals surface area (Å²) in [4.78, 5) is 4.25. The van der Waals surface area contributed by atoms with Crippen LogP contribution in [0.3, 0.4) is 0 Å². The minimum absolute atomic E-state index is 0.603. The molecule has 0 bridgehead atoms. The smallest absolute Gasteiger partial charge is 0.0276 e. The van der Waals surface area contributed by atoms with Gasteiger partial charge in [-0.3, -0.25) is 4.99 Å². The number of allylic oxidation sites excluding steroid dienone is 2. The topological polar surface area (TPSA) is 12.4 Å². The Kier molecular flexibility index (Phi) is 7.37. The lowest BCUT2D eigenvalue weighted by Gasteiger charge is -2.14. The predicted molar refractivity (Wildman–Crippen MR) is 70.6 cm³/mol. The van der Waals surface area contributed by atoms with Gasteiger partial charge in [0.05, 0.1) is 0 Å². The Bertz CT molecular complexity index is 215. The van der Waals surface area contributed by atoms with Crippen molar-refractivity contribution in [3.05, 3.63) is 12.2 Å². The number of nitrogens with zero attached hydrogens (tertiary/aromatic N) is 1.